The minimum Gasteiger partial charge on any atom is -0.348 e. The van der Waals surface area contributed by atoms with Crippen molar-refractivity contribution in [3.8, 4) is 0 Å². The topological polar surface area (TPSA) is 54.2 Å². The number of piperidine rings is 1. The molecule has 1 aliphatic heterocycles. The molecule has 156 valence electrons. The fraction of sp³-hybridized carbons (Fsp3) is 0.400. The zero-order chi connectivity index (χ0) is 19.7. The molecule has 1 atom stereocenters. The second kappa shape index (κ2) is 9.28. The number of hydrogen-bond donors (Lipinski definition) is 2. The van der Waals surface area contributed by atoms with E-state index in [-0.39, 0.29) is 24.0 Å². The molecule has 0 saturated carbocycles. The van der Waals surface area contributed by atoms with Crippen LogP contribution in [0.25, 0.3) is 5.65 Å². The molecule has 1 aromatic carbocycles. The third-order valence-corrected chi connectivity index (χ3v) is 6.00. The first kappa shape index (κ1) is 21.8. The summed E-state index contributed by atoms with van der Waals surface area (Å²) < 4.78 is 30.2. The summed E-state index contributed by atoms with van der Waals surface area (Å²) in [5.41, 5.74) is 1.87. The standard InChI is InChI=1S/C20H23F2N5S.ClH/c1-12(2)17-11-24-20-16(25-19-14(21)6-3-7-15(19)22)9-18(26-27(17)20)28-13-5-4-8-23-10-13;/h3,6-7,9,11-13,23,25H,4-5,8,10H2,1-2H3;1H. The minimum atomic E-state index is -0.642. The summed E-state index contributed by atoms with van der Waals surface area (Å²) in [7, 11) is 0. The van der Waals surface area contributed by atoms with Crippen LogP contribution >= 0.6 is 24.2 Å². The first-order valence-corrected chi connectivity index (χ1v) is 10.4. The SMILES string of the molecule is CC(C)c1cnc2c(Nc3c(F)cccc3F)cc(SC3CCCNC3)nn12.Cl. The lowest BCUT2D eigenvalue weighted by Gasteiger charge is -2.22. The lowest BCUT2D eigenvalue weighted by molar-refractivity contribution is 0.531. The highest BCUT2D eigenvalue weighted by molar-refractivity contribution is 7.99. The van der Waals surface area contributed by atoms with Gasteiger partial charge >= 0.3 is 0 Å². The van der Waals surface area contributed by atoms with Crippen LogP contribution < -0.4 is 10.6 Å². The average molecular weight is 440 g/mol. The maximum absolute atomic E-state index is 14.2. The minimum absolute atomic E-state index is 0. The second-order valence-electron chi connectivity index (χ2n) is 7.28. The summed E-state index contributed by atoms with van der Waals surface area (Å²) in [6.45, 7) is 6.11. The smallest absolute Gasteiger partial charge is 0.177 e. The van der Waals surface area contributed by atoms with Crippen LogP contribution in [-0.2, 0) is 0 Å². The first-order chi connectivity index (χ1) is 13.5. The highest BCUT2D eigenvalue weighted by Crippen LogP contribution is 2.32. The van der Waals surface area contributed by atoms with Crippen molar-refractivity contribution < 1.29 is 8.78 Å². The highest BCUT2D eigenvalue weighted by atomic mass is 35.5. The number of rotatable bonds is 5. The Morgan fingerprint density at radius 1 is 1.28 bits per heavy atom. The van der Waals surface area contributed by atoms with Crippen molar-refractivity contribution >= 4 is 41.2 Å². The number of nitrogens with zero attached hydrogens (tertiary/aromatic N) is 3. The molecule has 0 spiro atoms. The Labute approximate surface area is 179 Å². The van der Waals surface area contributed by atoms with Crippen LogP contribution in [0.1, 0.15) is 38.3 Å². The summed E-state index contributed by atoms with van der Waals surface area (Å²) in [4.78, 5) is 4.45. The van der Waals surface area contributed by atoms with Gasteiger partial charge < -0.3 is 10.6 Å². The van der Waals surface area contributed by atoms with Gasteiger partial charge in [-0.05, 0) is 43.5 Å². The number of benzene rings is 1. The summed E-state index contributed by atoms with van der Waals surface area (Å²) in [5.74, 6) is -1.07. The molecule has 0 amide bonds. The highest BCUT2D eigenvalue weighted by Gasteiger charge is 2.20. The fourth-order valence-corrected chi connectivity index (χ4v) is 4.49. The van der Waals surface area contributed by atoms with Crippen molar-refractivity contribution in [1.29, 1.82) is 0 Å². The molecule has 4 rings (SSSR count). The number of nitrogens with one attached hydrogen (secondary N) is 2. The van der Waals surface area contributed by atoms with Gasteiger partial charge in [-0.25, -0.2) is 18.3 Å². The summed E-state index contributed by atoms with van der Waals surface area (Å²) >= 11 is 1.69. The molecule has 1 fully saturated rings. The normalized spacial score (nSPS) is 16.8. The van der Waals surface area contributed by atoms with Crippen LogP contribution in [0.5, 0.6) is 0 Å². The van der Waals surface area contributed by atoms with E-state index in [0.717, 1.165) is 36.7 Å². The van der Waals surface area contributed by atoms with Crippen molar-refractivity contribution in [2.24, 2.45) is 0 Å². The lowest BCUT2D eigenvalue weighted by Crippen LogP contribution is -2.31. The van der Waals surface area contributed by atoms with Crippen LogP contribution in [0.4, 0.5) is 20.2 Å². The van der Waals surface area contributed by atoms with E-state index in [2.05, 4.69) is 29.5 Å². The summed E-state index contributed by atoms with van der Waals surface area (Å²) in [5, 5.41) is 12.3. The molecule has 1 saturated heterocycles. The Balaban J connectivity index is 0.00000240. The molecule has 3 heterocycles. The van der Waals surface area contributed by atoms with Gasteiger partial charge in [0, 0.05) is 11.8 Å². The molecule has 2 aromatic heterocycles. The number of hydrogen-bond acceptors (Lipinski definition) is 5. The Morgan fingerprint density at radius 2 is 2.03 bits per heavy atom. The maximum atomic E-state index is 14.2. The van der Waals surface area contributed by atoms with Crippen LogP contribution in [0.2, 0.25) is 0 Å². The van der Waals surface area contributed by atoms with Gasteiger partial charge in [0.2, 0.25) is 0 Å². The first-order valence-electron chi connectivity index (χ1n) is 9.50. The van der Waals surface area contributed by atoms with Crippen LogP contribution in [-0.4, -0.2) is 32.9 Å². The third-order valence-electron chi connectivity index (χ3n) is 4.82. The maximum Gasteiger partial charge on any atom is 0.177 e. The molecule has 5 nitrogen and oxygen atoms in total. The Bertz CT molecular complexity index is 968. The van der Waals surface area contributed by atoms with Gasteiger partial charge in [-0.3, -0.25) is 0 Å². The van der Waals surface area contributed by atoms with Gasteiger partial charge in [0.05, 0.1) is 17.6 Å². The average Bonchev–Trinajstić information content (AvgIpc) is 3.10. The van der Waals surface area contributed by atoms with Gasteiger partial charge in [0.15, 0.2) is 5.65 Å². The molecule has 1 aliphatic rings. The predicted octanol–water partition coefficient (Wildman–Crippen LogP) is 5.14. The molecule has 3 aromatic rings. The van der Waals surface area contributed by atoms with Gasteiger partial charge in [0.25, 0.3) is 0 Å². The molecule has 29 heavy (non-hydrogen) atoms. The van der Waals surface area contributed by atoms with E-state index in [1.54, 1.807) is 22.5 Å². The number of thioether (sulfide) groups is 1. The number of anilines is 2. The predicted molar refractivity (Wildman–Crippen MR) is 116 cm³/mol. The van der Waals surface area contributed by atoms with Crippen molar-refractivity contribution in [3.05, 3.63) is 47.8 Å². The lowest BCUT2D eigenvalue weighted by atomic mass is 10.2. The molecular weight excluding hydrogens is 416 g/mol. The number of fused-ring (bicyclic) bond motifs is 1. The molecular formula is C20H24ClF2N5S. The Morgan fingerprint density at radius 3 is 2.69 bits per heavy atom. The van der Waals surface area contributed by atoms with E-state index in [1.807, 2.05) is 6.07 Å². The van der Waals surface area contributed by atoms with Crippen molar-refractivity contribution in [2.75, 3.05) is 18.4 Å². The fourth-order valence-electron chi connectivity index (χ4n) is 3.35. The molecule has 2 N–H and O–H groups in total. The Hall–Kier alpha value is -1.90. The molecule has 9 heteroatoms. The third kappa shape index (κ3) is 4.65. The summed E-state index contributed by atoms with van der Waals surface area (Å²) in [6, 6.07) is 5.65. The number of para-hydroxylation sites is 1. The quantitative estimate of drug-likeness (QED) is 0.576. The molecule has 0 bridgehead atoms. The monoisotopic (exact) mass is 439 g/mol. The number of aromatic nitrogens is 3. The van der Waals surface area contributed by atoms with Crippen LogP contribution in [0, 0.1) is 11.6 Å². The van der Waals surface area contributed by atoms with Crippen molar-refractivity contribution in [2.45, 2.75) is 42.9 Å². The number of imidazole rings is 1. The van der Waals surface area contributed by atoms with Crippen LogP contribution in [0.3, 0.4) is 0 Å². The molecule has 1 unspecified atom stereocenters. The van der Waals surface area contributed by atoms with Gasteiger partial charge in [-0.2, -0.15) is 5.10 Å². The van der Waals surface area contributed by atoms with Gasteiger partial charge in [-0.1, -0.05) is 31.7 Å². The van der Waals surface area contributed by atoms with Gasteiger partial charge in [0.1, 0.15) is 22.3 Å². The number of halogens is 3. The van der Waals surface area contributed by atoms with E-state index < -0.39 is 11.6 Å². The van der Waals surface area contributed by atoms with E-state index >= 15 is 0 Å². The van der Waals surface area contributed by atoms with E-state index in [0.29, 0.717) is 16.6 Å². The largest absolute Gasteiger partial charge is 0.348 e. The van der Waals surface area contributed by atoms with E-state index in [1.165, 1.54) is 18.2 Å². The second-order valence-corrected chi connectivity index (χ2v) is 8.60. The van der Waals surface area contributed by atoms with E-state index in [9.17, 15) is 8.78 Å². The Kier molecular flexibility index (Phi) is 6.97. The van der Waals surface area contributed by atoms with Crippen molar-refractivity contribution in [3.63, 3.8) is 0 Å². The van der Waals surface area contributed by atoms with E-state index in [4.69, 9.17) is 5.10 Å². The van der Waals surface area contributed by atoms with Crippen LogP contribution in [0.15, 0.2) is 35.5 Å². The van der Waals surface area contributed by atoms with Crippen molar-refractivity contribution in [1.82, 2.24) is 19.9 Å². The molecule has 0 aliphatic carbocycles. The van der Waals surface area contributed by atoms with Gasteiger partial charge in [-0.15, -0.1) is 12.4 Å². The molecule has 0 radical (unpaired) electrons. The summed E-state index contributed by atoms with van der Waals surface area (Å²) in [6.07, 6.45) is 4.02. The zero-order valence-electron chi connectivity index (χ0n) is 16.3. The zero-order valence-corrected chi connectivity index (χ0v) is 17.9.